The topological polar surface area (TPSA) is 12.5 Å². The molecule has 4 aliphatic rings. The Balaban J connectivity index is 1.31. The van der Waals surface area contributed by atoms with Gasteiger partial charge >= 0.3 is 0 Å². The van der Waals surface area contributed by atoms with Crippen LogP contribution in [-0.4, -0.2) is 12.2 Å². The molecule has 6 atom stereocenters. The van der Waals surface area contributed by atoms with Gasteiger partial charge in [0.15, 0.2) is 0 Å². The molecule has 84 valence electrons. The zero-order valence-corrected chi connectivity index (χ0v) is 9.53. The first kappa shape index (κ1) is 9.04. The lowest BCUT2D eigenvalue weighted by Gasteiger charge is -2.27. The minimum atomic E-state index is 0.695. The highest BCUT2D eigenvalue weighted by molar-refractivity contribution is 4.95. The van der Waals surface area contributed by atoms with E-state index in [-0.39, 0.29) is 0 Å². The Bertz CT molecular complexity index is 236. The van der Waals surface area contributed by atoms with Crippen molar-refractivity contribution in [3.05, 3.63) is 0 Å². The second-order valence-corrected chi connectivity index (χ2v) is 6.56. The first-order valence-corrected chi connectivity index (χ1v) is 7.04. The summed E-state index contributed by atoms with van der Waals surface area (Å²) in [6, 6.07) is 0. The maximum absolute atomic E-state index is 5.63. The molecule has 0 aromatic heterocycles. The third-order valence-electron chi connectivity index (χ3n) is 5.43. The van der Waals surface area contributed by atoms with Crippen molar-refractivity contribution >= 4 is 0 Å². The van der Waals surface area contributed by atoms with Crippen LogP contribution >= 0.6 is 0 Å². The van der Waals surface area contributed by atoms with Crippen LogP contribution in [0.15, 0.2) is 0 Å². The van der Waals surface area contributed by atoms with E-state index in [1.165, 1.54) is 31.6 Å². The van der Waals surface area contributed by atoms with Gasteiger partial charge in [0, 0.05) is 0 Å². The van der Waals surface area contributed by atoms with Gasteiger partial charge in [0.2, 0.25) is 0 Å². The summed E-state index contributed by atoms with van der Waals surface area (Å²) in [4.78, 5) is 0. The molecule has 1 heteroatoms. The fourth-order valence-electron chi connectivity index (χ4n) is 4.33. The minimum Gasteiger partial charge on any atom is -0.370 e. The van der Waals surface area contributed by atoms with E-state index < -0.39 is 0 Å². The summed E-state index contributed by atoms with van der Waals surface area (Å²) >= 11 is 0. The molecular formula is C14H22O. The van der Waals surface area contributed by atoms with Crippen molar-refractivity contribution in [2.24, 2.45) is 23.7 Å². The van der Waals surface area contributed by atoms with E-state index in [1.54, 1.807) is 25.7 Å². The monoisotopic (exact) mass is 206 g/mol. The molecule has 0 N–H and O–H groups in total. The van der Waals surface area contributed by atoms with E-state index in [0.717, 1.165) is 17.8 Å². The minimum absolute atomic E-state index is 0.695. The molecule has 4 fully saturated rings. The summed E-state index contributed by atoms with van der Waals surface area (Å²) in [5, 5.41) is 0. The van der Waals surface area contributed by atoms with Gasteiger partial charge in [-0.3, -0.25) is 0 Å². The van der Waals surface area contributed by atoms with E-state index in [9.17, 15) is 0 Å². The van der Waals surface area contributed by atoms with Gasteiger partial charge in [-0.15, -0.1) is 0 Å². The average molecular weight is 206 g/mol. The van der Waals surface area contributed by atoms with Crippen LogP contribution in [0.4, 0.5) is 0 Å². The molecule has 0 amide bonds. The predicted molar refractivity (Wildman–Crippen MR) is 59.6 cm³/mol. The molecule has 0 aromatic rings. The molecule has 1 heterocycles. The van der Waals surface area contributed by atoms with Crippen LogP contribution in [-0.2, 0) is 4.74 Å². The molecule has 6 unspecified atom stereocenters. The normalized spacial score (nSPS) is 56.8. The molecule has 1 nitrogen and oxygen atoms in total. The summed E-state index contributed by atoms with van der Waals surface area (Å²) < 4.78 is 5.63. The van der Waals surface area contributed by atoms with Crippen LogP contribution in [0.1, 0.15) is 51.4 Å². The number of fused-ring (bicyclic) bond motifs is 2. The van der Waals surface area contributed by atoms with Gasteiger partial charge in [-0.05, 0) is 68.6 Å². The molecule has 15 heavy (non-hydrogen) atoms. The van der Waals surface area contributed by atoms with Crippen molar-refractivity contribution < 1.29 is 4.74 Å². The highest BCUT2D eigenvalue weighted by Gasteiger charge is 2.46. The zero-order valence-electron chi connectivity index (χ0n) is 9.53. The van der Waals surface area contributed by atoms with Crippen LogP contribution in [0.2, 0.25) is 0 Å². The van der Waals surface area contributed by atoms with E-state index in [0.29, 0.717) is 12.2 Å². The summed E-state index contributed by atoms with van der Waals surface area (Å²) in [6.45, 7) is 0. The summed E-state index contributed by atoms with van der Waals surface area (Å²) in [7, 11) is 0. The van der Waals surface area contributed by atoms with E-state index in [1.807, 2.05) is 0 Å². The molecule has 3 saturated carbocycles. The second-order valence-electron chi connectivity index (χ2n) is 6.56. The number of ether oxygens (including phenoxy) is 1. The smallest absolute Gasteiger partial charge is 0.0844 e. The molecule has 1 aliphatic heterocycles. The van der Waals surface area contributed by atoms with Crippen LogP contribution in [0.3, 0.4) is 0 Å². The zero-order chi connectivity index (χ0) is 9.83. The van der Waals surface area contributed by atoms with Gasteiger partial charge in [-0.25, -0.2) is 0 Å². The lowest BCUT2D eigenvalue weighted by Crippen LogP contribution is -2.19. The Hall–Kier alpha value is -0.0400. The Labute approximate surface area is 92.6 Å². The van der Waals surface area contributed by atoms with Crippen LogP contribution < -0.4 is 0 Å². The molecule has 0 aromatic carbocycles. The third kappa shape index (κ3) is 1.73. The van der Waals surface area contributed by atoms with Crippen molar-refractivity contribution in [1.82, 2.24) is 0 Å². The number of hydrogen-bond acceptors (Lipinski definition) is 1. The van der Waals surface area contributed by atoms with Crippen molar-refractivity contribution in [3.63, 3.8) is 0 Å². The van der Waals surface area contributed by atoms with Crippen molar-refractivity contribution in [3.8, 4) is 0 Å². The summed E-state index contributed by atoms with van der Waals surface area (Å²) in [5.41, 5.74) is 0. The van der Waals surface area contributed by atoms with Gasteiger partial charge < -0.3 is 4.74 Å². The lowest BCUT2D eigenvalue weighted by molar-refractivity contribution is 0.247. The summed E-state index contributed by atoms with van der Waals surface area (Å²) in [5.74, 6) is 4.45. The number of epoxide rings is 1. The lowest BCUT2D eigenvalue weighted by atomic mass is 9.78. The molecule has 3 aliphatic carbocycles. The standard InChI is InChI=1S/C14H22O/c1-3-11-8-12(11)6-9(1)5-10-2-4-13-14(7-10)15-13/h9-14H,1-8H2. The van der Waals surface area contributed by atoms with Crippen LogP contribution in [0.5, 0.6) is 0 Å². The summed E-state index contributed by atoms with van der Waals surface area (Å²) in [6.07, 6.45) is 13.4. The fraction of sp³-hybridized carbons (Fsp3) is 1.00. The fourth-order valence-corrected chi connectivity index (χ4v) is 4.33. The first-order chi connectivity index (χ1) is 7.38. The maximum atomic E-state index is 5.63. The Morgan fingerprint density at radius 3 is 2.47 bits per heavy atom. The van der Waals surface area contributed by atoms with E-state index in [4.69, 9.17) is 4.74 Å². The second kappa shape index (κ2) is 3.23. The molecule has 1 saturated heterocycles. The van der Waals surface area contributed by atoms with Gasteiger partial charge in [0.05, 0.1) is 12.2 Å². The van der Waals surface area contributed by atoms with Gasteiger partial charge in [0.25, 0.3) is 0 Å². The Kier molecular flexibility index (Phi) is 1.94. The SMILES string of the molecule is C1CC2CC2CC1CC1CCC2OC2C1. The van der Waals surface area contributed by atoms with Crippen molar-refractivity contribution in [2.45, 2.75) is 63.6 Å². The number of hydrogen-bond donors (Lipinski definition) is 0. The van der Waals surface area contributed by atoms with Crippen molar-refractivity contribution in [2.75, 3.05) is 0 Å². The molecular weight excluding hydrogens is 184 g/mol. The van der Waals surface area contributed by atoms with Crippen LogP contribution in [0, 0.1) is 23.7 Å². The highest BCUT2D eigenvalue weighted by Crippen LogP contribution is 2.53. The van der Waals surface area contributed by atoms with E-state index >= 15 is 0 Å². The molecule has 0 bridgehead atoms. The van der Waals surface area contributed by atoms with Crippen LogP contribution in [0.25, 0.3) is 0 Å². The largest absolute Gasteiger partial charge is 0.370 e. The third-order valence-corrected chi connectivity index (χ3v) is 5.43. The number of rotatable bonds is 2. The molecule has 0 radical (unpaired) electrons. The van der Waals surface area contributed by atoms with Gasteiger partial charge in [0.1, 0.15) is 0 Å². The van der Waals surface area contributed by atoms with Gasteiger partial charge in [-0.1, -0.05) is 6.42 Å². The van der Waals surface area contributed by atoms with Crippen molar-refractivity contribution in [1.29, 1.82) is 0 Å². The average Bonchev–Trinajstić information content (AvgIpc) is 3.11. The molecule has 4 rings (SSSR count). The van der Waals surface area contributed by atoms with E-state index in [2.05, 4.69) is 0 Å². The van der Waals surface area contributed by atoms with Gasteiger partial charge in [-0.2, -0.15) is 0 Å². The quantitative estimate of drug-likeness (QED) is 0.631. The first-order valence-electron chi connectivity index (χ1n) is 7.04. The Morgan fingerprint density at radius 1 is 0.733 bits per heavy atom. The Morgan fingerprint density at radius 2 is 1.60 bits per heavy atom. The molecule has 0 spiro atoms. The highest BCUT2D eigenvalue weighted by atomic mass is 16.6. The maximum Gasteiger partial charge on any atom is 0.0844 e. The predicted octanol–water partition coefficient (Wildman–Crippen LogP) is 3.38.